The number of carbonyl (C=O) groups is 2. The zero-order valence-corrected chi connectivity index (χ0v) is 12.3. The monoisotopic (exact) mass is 274 g/mol. The Kier molecular flexibility index (Phi) is 5.63. The lowest BCUT2D eigenvalue weighted by Gasteiger charge is -2.27. The Balaban J connectivity index is 2.23. The summed E-state index contributed by atoms with van der Waals surface area (Å²) in [5.41, 5.74) is -0.466. The predicted octanol–water partition coefficient (Wildman–Crippen LogP) is 2.49. The normalized spacial score (nSPS) is 23.6. The van der Waals surface area contributed by atoms with Crippen LogP contribution >= 0.6 is 0 Å². The highest BCUT2D eigenvalue weighted by atomic mass is 16.6. The summed E-state index contributed by atoms with van der Waals surface area (Å²) in [5, 5.41) is 2.79. The molecule has 5 heteroatoms. The number of hydrogen-bond acceptors (Lipinski definition) is 4. The molecule has 0 unspecified atom stereocenters. The standard InChI is InChI=1S/C14H25NO4/c1-14(2,3)19-13(17)15-9-10-5-7-11(8-6-10)12(16)18-4/h10-11H,5-9H2,1-4H3,(H,15,17)/i9+1,12+1,15+1. The van der Waals surface area contributed by atoms with Crippen LogP contribution in [0.15, 0.2) is 0 Å². The molecule has 0 spiro atoms. The summed E-state index contributed by atoms with van der Waals surface area (Å²) >= 11 is 0. The third kappa shape index (κ3) is 5.94. The van der Waals surface area contributed by atoms with E-state index < -0.39 is 5.60 Å². The van der Waals surface area contributed by atoms with Gasteiger partial charge in [-0.2, -0.15) is 0 Å². The van der Waals surface area contributed by atoms with E-state index in [4.69, 9.17) is 9.47 Å². The summed E-state index contributed by atoms with van der Waals surface area (Å²) in [5.74, 6) is 0.342. The Bertz CT molecular complexity index is 314. The molecule has 19 heavy (non-hydrogen) atoms. The van der Waals surface area contributed by atoms with Gasteiger partial charge in [-0.1, -0.05) is 0 Å². The van der Waals surface area contributed by atoms with E-state index in [1.807, 2.05) is 20.8 Å². The summed E-state index contributed by atoms with van der Waals surface area (Å²) in [6.45, 7) is 6.14. The van der Waals surface area contributed by atoms with Crippen LogP contribution in [0.25, 0.3) is 0 Å². The number of rotatable bonds is 3. The van der Waals surface area contributed by atoms with E-state index in [1.54, 1.807) is 0 Å². The van der Waals surface area contributed by atoms with Gasteiger partial charge in [0, 0.05) is 6.54 Å². The number of hydrogen-bond donors (Lipinski definition) is 1. The number of carbonyl (C=O) groups excluding carboxylic acids is 2. The number of nitrogens with one attached hydrogen (secondary N) is 1. The van der Waals surface area contributed by atoms with Crippen molar-refractivity contribution in [2.45, 2.75) is 52.1 Å². The van der Waals surface area contributed by atoms with E-state index in [2.05, 4.69) is 5.32 Å². The van der Waals surface area contributed by atoms with E-state index in [1.165, 1.54) is 7.11 Å². The van der Waals surface area contributed by atoms with Gasteiger partial charge in [0.15, 0.2) is 0 Å². The molecule has 0 aromatic rings. The first-order valence-electron chi connectivity index (χ1n) is 6.86. The Labute approximate surface area is 115 Å². The van der Waals surface area contributed by atoms with Gasteiger partial charge in [0.2, 0.25) is 0 Å². The van der Waals surface area contributed by atoms with Gasteiger partial charge in [-0.25, -0.2) is 4.79 Å². The summed E-state index contributed by atoms with van der Waals surface area (Å²) < 4.78 is 9.93. The largest absolute Gasteiger partial charge is 0.469 e. The summed E-state index contributed by atoms with van der Waals surface area (Å²) in [6, 6.07) is 0. The van der Waals surface area contributed by atoms with Crippen LogP contribution in [0.1, 0.15) is 46.5 Å². The SMILES string of the molecule is CO[13C](=O)C1CCC([13CH2][15NH]C(=O)OC(C)(C)C)CC1. The van der Waals surface area contributed by atoms with E-state index in [9.17, 15) is 9.59 Å². The van der Waals surface area contributed by atoms with E-state index in [0.29, 0.717) is 12.5 Å². The number of alkyl carbamates (subject to hydrolysis) is 1. The fourth-order valence-electron chi connectivity index (χ4n) is 2.31. The Morgan fingerprint density at radius 1 is 1.16 bits per heavy atom. The molecule has 1 N–H and O–H groups in total. The molecule has 1 rings (SSSR count). The van der Waals surface area contributed by atoms with Crippen molar-refractivity contribution < 1.29 is 19.1 Å². The fourth-order valence-corrected chi connectivity index (χ4v) is 2.31. The van der Waals surface area contributed by atoms with Crippen LogP contribution in [-0.4, -0.2) is 31.3 Å². The molecule has 0 heterocycles. The number of ether oxygens (including phenoxy) is 2. The molecule has 0 radical (unpaired) electrons. The van der Waals surface area contributed by atoms with E-state index in [0.717, 1.165) is 25.7 Å². The average molecular weight is 274 g/mol. The fraction of sp³-hybridized carbons (Fsp3) is 0.857. The van der Waals surface area contributed by atoms with Gasteiger partial charge < -0.3 is 14.8 Å². The first kappa shape index (κ1) is 15.8. The van der Waals surface area contributed by atoms with Crippen LogP contribution in [0.5, 0.6) is 0 Å². The van der Waals surface area contributed by atoms with Gasteiger partial charge in [0.25, 0.3) is 0 Å². The van der Waals surface area contributed by atoms with Crippen LogP contribution in [0.2, 0.25) is 0 Å². The molecule has 0 aromatic carbocycles. The molecule has 0 atom stereocenters. The van der Waals surface area contributed by atoms with Crippen LogP contribution < -0.4 is 5.32 Å². The zero-order chi connectivity index (χ0) is 14.5. The molecule has 0 aromatic heterocycles. The zero-order valence-electron chi connectivity index (χ0n) is 12.3. The molecule has 1 saturated carbocycles. The van der Waals surface area contributed by atoms with Crippen molar-refractivity contribution in [3.05, 3.63) is 0 Å². The van der Waals surface area contributed by atoms with Crippen LogP contribution in [-0.2, 0) is 14.3 Å². The molecule has 0 aliphatic heterocycles. The van der Waals surface area contributed by atoms with Gasteiger partial charge in [0.05, 0.1) is 13.0 Å². The molecule has 1 fully saturated rings. The first-order valence-corrected chi connectivity index (χ1v) is 6.86. The van der Waals surface area contributed by atoms with Crippen LogP contribution in [0, 0.1) is 11.8 Å². The first-order chi connectivity index (χ1) is 8.81. The molecule has 0 bridgehead atoms. The highest BCUT2D eigenvalue weighted by Gasteiger charge is 2.27. The number of methoxy groups -OCH3 is 1. The van der Waals surface area contributed by atoms with Crippen molar-refractivity contribution in [3.8, 4) is 0 Å². The van der Waals surface area contributed by atoms with Gasteiger partial charge in [-0.3, -0.25) is 4.79 Å². The minimum atomic E-state index is -0.466. The highest BCUT2D eigenvalue weighted by molar-refractivity contribution is 5.72. The van der Waals surface area contributed by atoms with Gasteiger partial charge >= 0.3 is 12.1 Å². The lowest BCUT2D eigenvalue weighted by molar-refractivity contribution is -0.146. The Morgan fingerprint density at radius 3 is 2.21 bits per heavy atom. The second kappa shape index (κ2) is 6.78. The maximum absolute atomic E-state index is 11.5. The van der Waals surface area contributed by atoms with E-state index in [-0.39, 0.29) is 18.0 Å². The smallest absolute Gasteiger partial charge is 0.407 e. The summed E-state index contributed by atoms with van der Waals surface area (Å²) in [4.78, 5) is 22.9. The molecule has 0 saturated heterocycles. The third-order valence-electron chi connectivity index (χ3n) is 3.32. The van der Waals surface area contributed by atoms with Gasteiger partial charge in [-0.05, 0) is 52.4 Å². The van der Waals surface area contributed by atoms with Crippen molar-refractivity contribution in [2.24, 2.45) is 11.8 Å². The third-order valence-corrected chi connectivity index (χ3v) is 3.32. The van der Waals surface area contributed by atoms with Crippen molar-refractivity contribution in [3.63, 3.8) is 0 Å². The minimum Gasteiger partial charge on any atom is -0.469 e. The van der Waals surface area contributed by atoms with Crippen molar-refractivity contribution in [1.29, 1.82) is 0 Å². The van der Waals surface area contributed by atoms with Crippen molar-refractivity contribution in [2.75, 3.05) is 13.7 Å². The van der Waals surface area contributed by atoms with Gasteiger partial charge in [-0.15, -0.1) is 0 Å². The molecular formula is C14H25NO4. The number of amides is 1. The second-order valence-corrected chi connectivity index (χ2v) is 6.12. The molecule has 1 amide bonds. The topological polar surface area (TPSA) is 64.6 Å². The summed E-state index contributed by atoms with van der Waals surface area (Å²) in [7, 11) is 1.43. The Morgan fingerprint density at radius 2 is 1.74 bits per heavy atom. The molecule has 1 aliphatic carbocycles. The second-order valence-electron chi connectivity index (χ2n) is 6.12. The maximum atomic E-state index is 11.5. The van der Waals surface area contributed by atoms with Crippen LogP contribution in [0.3, 0.4) is 0 Å². The lowest BCUT2D eigenvalue weighted by Crippen LogP contribution is -2.36. The molecule has 1 aliphatic rings. The van der Waals surface area contributed by atoms with Crippen molar-refractivity contribution >= 4 is 12.1 Å². The quantitative estimate of drug-likeness (QED) is 0.488. The molecular weight excluding hydrogens is 249 g/mol. The molecule has 5 nitrogen and oxygen atoms in total. The van der Waals surface area contributed by atoms with Crippen LogP contribution in [0.4, 0.5) is 4.79 Å². The van der Waals surface area contributed by atoms with Crippen molar-refractivity contribution in [1.82, 2.24) is 5.32 Å². The number of esters is 1. The Hall–Kier alpha value is -1.26. The molecule has 110 valence electrons. The van der Waals surface area contributed by atoms with E-state index >= 15 is 0 Å². The summed E-state index contributed by atoms with van der Waals surface area (Å²) in [6.07, 6.45) is 3.19. The maximum Gasteiger partial charge on any atom is 0.407 e. The minimum absolute atomic E-state index is 0.0303. The predicted molar refractivity (Wildman–Crippen MR) is 71.7 cm³/mol. The average Bonchev–Trinajstić information content (AvgIpc) is 2.34. The van der Waals surface area contributed by atoms with Gasteiger partial charge in [0.1, 0.15) is 5.60 Å². The highest BCUT2D eigenvalue weighted by Crippen LogP contribution is 2.29. The lowest BCUT2D eigenvalue weighted by atomic mass is 9.89.